The molecule has 3 amide bonds. The number of amides is 3. The number of hydrogen-bond donors (Lipinski definition) is 1. The van der Waals surface area contributed by atoms with Crippen molar-refractivity contribution in [2.24, 2.45) is 0 Å². The van der Waals surface area contributed by atoms with E-state index in [2.05, 4.69) is 19.2 Å². The van der Waals surface area contributed by atoms with E-state index in [1.807, 2.05) is 24.3 Å². The largest absolute Gasteiger partial charge is 0.325 e. The molecule has 7 nitrogen and oxygen atoms in total. The molecule has 2 aromatic rings. The highest BCUT2D eigenvalue weighted by molar-refractivity contribution is 6.07. The quantitative estimate of drug-likeness (QED) is 0.495. The summed E-state index contributed by atoms with van der Waals surface area (Å²) >= 11 is 0. The molecule has 2 aromatic carbocycles. The van der Waals surface area contributed by atoms with Crippen LogP contribution in [0, 0.1) is 10.1 Å². The Balaban J connectivity index is 1.86. The fourth-order valence-electron chi connectivity index (χ4n) is 3.19. The molecule has 0 aromatic heterocycles. The van der Waals surface area contributed by atoms with Crippen LogP contribution >= 0.6 is 0 Å². The minimum atomic E-state index is -1.16. The molecule has 1 heterocycles. The van der Waals surface area contributed by atoms with Crippen molar-refractivity contribution in [3.8, 4) is 0 Å². The number of hydrogen-bond acceptors (Lipinski definition) is 4. The maximum atomic E-state index is 13.0. The molecule has 0 saturated carbocycles. The van der Waals surface area contributed by atoms with Gasteiger partial charge in [-0.15, -0.1) is 0 Å². The first-order valence-electron chi connectivity index (χ1n) is 8.70. The Morgan fingerprint density at radius 3 is 2.41 bits per heavy atom. The zero-order chi connectivity index (χ0) is 19.8. The number of nitro benzene ring substituents is 1. The number of nitrogens with zero attached hydrogens (tertiary/aromatic N) is 2. The molecular formula is C20H21N3O4. The van der Waals surface area contributed by atoms with Crippen LogP contribution in [-0.2, 0) is 16.9 Å². The molecule has 1 aliphatic heterocycles. The number of non-ortho nitro benzene ring substituents is 1. The number of carbonyl (C=O) groups is 2. The standard InChI is InChI=1S/C20H21N3O4/c1-13(2)15-7-9-16(10-8-15)20(3)18(24)22(19(25)21-20)12-14-5-4-6-17(11-14)23(26)27/h4-11,13H,12H2,1-3H3,(H,21,25). The highest BCUT2D eigenvalue weighted by Crippen LogP contribution is 2.31. The van der Waals surface area contributed by atoms with E-state index in [1.165, 1.54) is 18.2 Å². The third-order valence-corrected chi connectivity index (χ3v) is 4.89. The van der Waals surface area contributed by atoms with Crippen LogP contribution in [0.2, 0.25) is 0 Å². The number of rotatable bonds is 5. The van der Waals surface area contributed by atoms with E-state index < -0.39 is 16.5 Å². The molecule has 7 heteroatoms. The monoisotopic (exact) mass is 367 g/mol. The van der Waals surface area contributed by atoms with Gasteiger partial charge in [0.05, 0.1) is 11.5 Å². The van der Waals surface area contributed by atoms with Crippen LogP contribution in [0.5, 0.6) is 0 Å². The van der Waals surface area contributed by atoms with Gasteiger partial charge in [0.25, 0.3) is 11.6 Å². The maximum Gasteiger partial charge on any atom is 0.325 e. The SMILES string of the molecule is CC(C)c1ccc(C2(C)NC(=O)N(Cc3cccc([N+](=O)[O-])c3)C2=O)cc1. The number of carbonyl (C=O) groups excluding carboxylic acids is 2. The second kappa shape index (κ2) is 6.83. The Labute approximate surface area is 157 Å². The van der Waals surface area contributed by atoms with Gasteiger partial charge in [-0.1, -0.05) is 50.2 Å². The van der Waals surface area contributed by atoms with Gasteiger partial charge in [0.15, 0.2) is 0 Å². The van der Waals surface area contributed by atoms with E-state index in [4.69, 9.17) is 0 Å². The average molecular weight is 367 g/mol. The van der Waals surface area contributed by atoms with Crippen LogP contribution < -0.4 is 5.32 Å². The first-order chi connectivity index (χ1) is 12.7. The van der Waals surface area contributed by atoms with E-state index in [1.54, 1.807) is 13.0 Å². The van der Waals surface area contributed by atoms with Crippen LogP contribution in [0.15, 0.2) is 48.5 Å². The second-order valence-electron chi connectivity index (χ2n) is 7.15. The Morgan fingerprint density at radius 1 is 1.15 bits per heavy atom. The third-order valence-electron chi connectivity index (χ3n) is 4.89. The summed E-state index contributed by atoms with van der Waals surface area (Å²) in [6.45, 7) is 5.82. The van der Waals surface area contributed by atoms with Crippen molar-refractivity contribution in [2.75, 3.05) is 0 Å². The molecule has 1 fully saturated rings. The Morgan fingerprint density at radius 2 is 1.81 bits per heavy atom. The van der Waals surface area contributed by atoms with Gasteiger partial charge in [0.2, 0.25) is 0 Å². The molecule has 0 bridgehead atoms. The molecule has 0 aliphatic carbocycles. The molecule has 0 spiro atoms. The van der Waals surface area contributed by atoms with Crippen molar-refractivity contribution in [1.82, 2.24) is 10.2 Å². The summed E-state index contributed by atoms with van der Waals surface area (Å²) < 4.78 is 0. The molecule has 0 radical (unpaired) electrons. The summed E-state index contributed by atoms with van der Waals surface area (Å²) in [5, 5.41) is 13.7. The number of imide groups is 1. The van der Waals surface area contributed by atoms with Gasteiger partial charge >= 0.3 is 6.03 Å². The van der Waals surface area contributed by atoms with Crippen LogP contribution in [0.1, 0.15) is 43.4 Å². The summed E-state index contributed by atoms with van der Waals surface area (Å²) in [4.78, 5) is 36.9. The molecule has 3 rings (SSSR count). The molecule has 1 atom stereocenters. The van der Waals surface area contributed by atoms with E-state index in [-0.39, 0.29) is 18.1 Å². The maximum absolute atomic E-state index is 13.0. The molecule has 1 saturated heterocycles. The van der Waals surface area contributed by atoms with Crippen molar-refractivity contribution in [3.63, 3.8) is 0 Å². The fraction of sp³-hybridized carbons (Fsp3) is 0.300. The van der Waals surface area contributed by atoms with Crippen LogP contribution in [0.25, 0.3) is 0 Å². The topological polar surface area (TPSA) is 92.6 Å². The van der Waals surface area contributed by atoms with E-state index in [0.717, 1.165) is 10.5 Å². The molecule has 27 heavy (non-hydrogen) atoms. The van der Waals surface area contributed by atoms with Gasteiger partial charge in [0, 0.05) is 12.1 Å². The number of benzene rings is 2. The summed E-state index contributed by atoms with van der Waals surface area (Å²) in [6, 6.07) is 13.0. The van der Waals surface area contributed by atoms with Gasteiger partial charge in [-0.3, -0.25) is 19.8 Å². The lowest BCUT2D eigenvalue weighted by Crippen LogP contribution is -2.40. The van der Waals surface area contributed by atoms with Crippen molar-refractivity contribution >= 4 is 17.6 Å². The Kier molecular flexibility index (Phi) is 4.70. The predicted octanol–water partition coefficient (Wildman–Crippen LogP) is 3.69. The molecule has 140 valence electrons. The lowest BCUT2D eigenvalue weighted by Gasteiger charge is -2.23. The highest BCUT2D eigenvalue weighted by atomic mass is 16.6. The van der Waals surface area contributed by atoms with Crippen LogP contribution in [0.4, 0.5) is 10.5 Å². The van der Waals surface area contributed by atoms with Gasteiger partial charge in [-0.2, -0.15) is 0 Å². The van der Waals surface area contributed by atoms with Crippen molar-refractivity contribution in [1.29, 1.82) is 0 Å². The predicted molar refractivity (Wildman–Crippen MR) is 100 cm³/mol. The van der Waals surface area contributed by atoms with Crippen LogP contribution in [-0.4, -0.2) is 21.8 Å². The minimum Gasteiger partial charge on any atom is -0.319 e. The first kappa shape index (κ1) is 18.6. The summed E-state index contributed by atoms with van der Waals surface area (Å²) in [6.07, 6.45) is 0. The average Bonchev–Trinajstić information content (AvgIpc) is 2.86. The smallest absolute Gasteiger partial charge is 0.319 e. The number of urea groups is 1. The number of nitrogens with one attached hydrogen (secondary N) is 1. The second-order valence-corrected chi connectivity index (χ2v) is 7.15. The van der Waals surface area contributed by atoms with Crippen molar-refractivity contribution in [3.05, 3.63) is 75.3 Å². The highest BCUT2D eigenvalue weighted by Gasteiger charge is 2.48. The van der Waals surface area contributed by atoms with Crippen LogP contribution in [0.3, 0.4) is 0 Å². The van der Waals surface area contributed by atoms with E-state index in [9.17, 15) is 19.7 Å². The molecule has 1 unspecified atom stereocenters. The van der Waals surface area contributed by atoms with Crippen molar-refractivity contribution < 1.29 is 14.5 Å². The zero-order valence-corrected chi connectivity index (χ0v) is 15.4. The molecule has 1 aliphatic rings. The van der Waals surface area contributed by atoms with Gasteiger partial charge in [-0.25, -0.2) is 4.79 Å². The molecule has 1 N–H and O–H groups in total. The van der Waals surface area contributed by atoms with E-state index in [0.29, 0.717) is 17.0 Å². The third kappa shape index (κ3) is 3.40. The summed E-state index contributed by atoms with van der Waals surface area (Å²) in [7, 11) is 0. The summed E-state index contributed by atoms with van der Waals surface area (Å²) in [5.74, 6) is -0.0117. The van der Waals surface area contributed by atoms with Gasteiger partial charge < -0.3 is 5.32 Å². The minimum absolute atomic E-state index is 0.0218. The number of nitro groups is 1. The lowest BCUT2D eigenvalue weighted by atomic mass is 9.90. The van der Waals surface area contributed by atoms with Crippen molar-refractivity contribution in [2.45, 2.75) is 38.8 Å². The summed E-state index contributed by atoms with van der Waals surface area (Å²) in [5.41, 5.74) is 1.13. The van der Waals surface area contributed by atoms with E-state index >= 15 is 0 Å². The first-order valence-corrected chi connectivity index (χ1v) is 8.70. The fourth-order valence-corrected chi connectivity index (χ4v) is 3.19. The molecular weight excluding hydrogens is 346 g/mol. The van der Waals surface area contributed by atoms with Gasteiger partial charge in [0.1, 0.15) is 5.54 Å². The normalized spacial score (nSPS) is 19.5. The Bertz CT molecular complexity index is 908. The zero-order valence-electron chi connectivity index (χ0n) is 15.4. The lowest BCUT2D eigenvalue weighted by molar-refractivity contribution is -0.384. The van der Waals surface area contributed by atoms with Gasteiger partial charge in [-0.05, 0) is 29.5 Å². The Hall–Kier alpha value is -3.22.